The molecule has 0 radical (unpaired) electrons. The van der Waals surface area contributed by atoms with E-state index in [0.717, 1.165) is 13.0 Å². The molecular formula is C15H32N2O. The fourth-order valence-electron chi connectivity index (χ4n) is 1.86. The predicted molar refractivity (Wildman–Crippen MR) is 78.4 cm³/mol. The minimum Gasteiger partial charge on any atom is -0.356 e. The van der Waals surface area contributed by atoms with Gasteiger partial charge in [-0.2, -0.15) is 0 Å². The number of nitrogens with one attached hydrogen (secondary N) is 1. The van der Waals surface area contributed by atoms with E-state index in [1.54, 1.807) is 0 Å². The monoisotopic (exact) mass is 256 g/mol. The van der Waals surface area contributed by atoms with Crippen molar-refractivity contribution in [3.63, 3.8) is 0 Å². The van der Waals surface area contributed by atoms with Crippen LogP contribution in [0.2, 0.25) is 0 Å². The average molecular weight is 256 g/mol. The van der Waals surface area contributed by atoms with Gasteiger partial charge in [0.25, 0.3) is 0 Å². The zero-order valence-corrected chi connectivity index (χ0v) is 12.7. The lowest BCUT2D eigenvalue weighted by atomic mass is 9.87. The lowest BCUT2D eigenvalue weighted by Gasteiger charge is -2.25. The Morgan fingerprint density at radius 3 is 2.56 bits per heavy atom. The second-order valence-corrected chi connectivity index (χ2v) is 6.28. The van der Waals surface area contributed by atoms with E-state index in [2.05, 4.69) is 33.0 Å². The highest BCUT2D eigenvalue weighted by molar-refractivity contribution is 5.75. The lowest BCUT2D eigenvalue weighted by molar-refractivity contribution is -0.121. The Balaban J connectivity index is 3.75. The molecule has 0 heterocycles. The van der Waals surface area contributed by atoms with Crippen LogP contribution in [0.1, 0.15) is 66.2 Å². The number of nitrogens with two attached hydrogens (primary N) is 1. The summed E-state index contributed by atoms with van der Waals surface area (Å²) in [5.74, 6) is 0.604. The van der Waals surface area contributed by atoms with Gasteiger partial charge in [0.15, 0.2) is 0 Å². The molecule has 0 aliphatic rings. The second-order valence-electron chi connectivity index (χ2n) is 6.28. The summed E-state index contributed by atoms with van der Waals surface area (Å²) in [4.78, 5) is 11.7. The highest BCUT2D eigenvalue weighted by Crippen LogP contribution is 2.22. The summed E-state index contributed by atoms with van der Waals surface area (Å²) in [6.45, 7) is 10.2. The second kappa shape index (κ2) is 9.37. The van der Waals surface area contributed by atoms with E-state index < -0.39 is 0 Å². The Labute approximate surface area is 113 Å². The van der Waals surface area contributed by atoms with Crippen LogP contribution >= 0.6 is 0 Å². The van der Waals surface area contributed by atoms with Gasteiger partial charge in [0.2, 0.25) is 5.91 Å². The zero-order chi connectivity index (χ0) is 14.0. The van der Waals surface area contributed by atoms with Crippen molar-refractivity contribution in [1.82, 2.24) is 5.32 Å². The van der Waals surface area contributed by atoms with Gasteiger partial charge in [-0.15, -0.1) is 0 Å². The predicted octanol–water partition coefficient (Wildman–Crippen LogP) is 3.08. The molecule has 3 heteroatoms. The maximum Gasteiger partial charge on any atom is 0.220 e. The molecule has 1 atom stereocenters. The lowest BCUT2D eigenvalue weighted by Crippen LogP contribution is -2.34. The quantitative estimate of drug-likeness (QED) is 0.590. The zero-order valence-electron chi connectivity index (χ0n) is 12.7. The van der Waals surface area contributed by atoms with E-state index in [-0.39, 0.29) is 11.3 Å². The van der Waals surface area contributed by atoms with Gasteiger partial charge in [-0.1, -0.05) is 47.0 Å². The third-order valence-corrected chi connectivity index (χ3v) is 3.49. The number of carbonyl (C=O) groups excluding carboxylic acids is 1. The molecule has 0 aromatic heterocycles. The topological polar surface area (TPSA) is 55.1 Å². The minimum absolute atomic E-state index is 0.166. The third-order valence-electron chi connectivity index (χ3n) is 3.49. The molecule has 0 saturated carbocycles. The molecule has 0 aromatic rings. The molecule has 3 nitrogen and oxygen atoms in total. The van der Waals surface area contributed by atoms with Crippen LogP contribution in [-0.2, 0) is 4.79 Å². The normalized spacial score (nSPS) is 13.4. The highest BCUT2D eigenvalue weighted by atomic mass is 16.1. The van der Waals surface area contributed by atoms with Crippen LogP contribution < -0.4 is 11.1 Å². The number of amides is 1. The fraction of sp³-hybridized carbons (Fsp3) is 0.933. The van der Waals surface area contributed by atoms with Gasteiger partial charge < -0.3 is 11.1 Å². The summed E-state index contributed by atoms with van der Waals surface area (Å²) in [5.41, 5.74) is 5.75. The largest absolute Gasteiger partial charge is 0.356 e. The summed E-state index contributed by atoms with van der Waals surface area (Å²) in [6, 6.07) is 0. The van der Waals surface area contributed by atoms with Crippen molar-refractivity contribution in [2.45, 2.75) is 66.2 Å². The van der Waals surface area contributed by atoms with Crippen LogP contribution in [0.5, 0.6) is 0 Å². The standard InChI is InChI=1S/C15H32N2O/c1-5-6-7-10-15(3,4)12-17-14(18)9-8-13(2)11-16/h13H,5-12,16H2,1-4H3,(H,17,18). The first-order valence-corrected chi connectivity index (χ1v) is 7.38. The van der Waals surface area contributed by atoms with Gasteiger partial charge in [-0.25, -0.2) is 0 Å². The molecule has 0 fully saturated rings. The van der Waals surface area contributed by atoms with E-state index in [1.807, 2.05) is 0 Å². The van der Waals surface area contributed by atoms with Crippen LogP contribution in [0.4, 0.5) is 0 Å². The number of hydrogen-bond acceptors (Lipinski definition) is 2. The smallest absolute Gasteiger partial charge is 0.220 e. The van der Waals surface area contributed by atoms with E-state index >= 15 is 0 Å². The summed E-state index contributed by atoms with van der Waals surface area (Å²) < 4.78 is 0. The first-order valence-electron chi connectivity index (χ1n) is 7.38. The molecule has 3 N–H and O–H groups in total. The molecule has 1 amide bonds. The average Bonchev–Trinajstić information content (AvgIpc) is 2.33. The van der Waals surface area contributed by atoms with Crippen molar-refractivity contribution in [2.24, 2.45) is 17.1 Å². The van der Waals surface area contributed by atoms with Crippen LogP contribution in [0.3, 0.4) is 0 Å². The fourth-order valence-corrected chi connectivity index (χ4v) is 1.86. The molecule has 0 aromatic carbocycles. The molecule has 1 unspecified atom stereocenters. The van der Waals surface area contributed by atoms with Crippen molar-refractivity contribution in [3.05, 3.63) is 0 Å². The van der Waals surface area contributed by atoms with Crippen LogP contribution in [-0.4, -0.2) is 19.0 Å². The molecule has 0 spiro atoms. The van der Waals surface area contributed by atoms with Crippen LogP contribution in [0.15, 0.2) is 0 Å². The summed E-state index contributed by atoms with van der Waals surface area (Å²) in [5, 5.41) is 3.05. The number of hydrogen-bond donors (Lipinski definition) is 2. The molecule has 0 saturated heterocycles. The Kier molecular flexibility index (Phi) is 9.08. The molecule has 0 aliphatic carbocycles. The Bertz CT molecular complexity index is 227. The van der Waals surface area contributed by atoms with Gasteiger partial charge in [0, 0.05) is 13.0 Å². The first-order chi connectivity index (χ1) is 8.41. The maximum absolute atomic E-state index is 11.7. The van der Waals surface area contributed by atoms with Crippen molar-refractivity contribution < 1.29 is 4.79 Å². The molecular weight excluding hydrogens is 224 g/mol. The van der Waals surface area contributed by atoms with Gasteiger partial charge in [-0.3, -0.25) is 4.79 Å². The number of carbonyl (C=O) groups is 1. The minimum atomic E-state index is 0.166. The van der Waals surface area contributed by atoms with Crippen molar-refractivity contribution >= 4 is 5.91 Å². The SMILES string of the molecule is CCCCCC(C)(C)CNC(=O)CCC(C)CN. The summed E-state index contributed by atoms with van der Waals surface area (Å²) in [6.07, 6.45) is 6.46. The van der Waals surface area contributed by atoms with Crippen LogP contribution in [0.25, 0.3) is 0 Å². The van der Waals surface area contributed by atoms with Crippen LogP contribution in [0, 0.1) is 11.3 Å². The van der Waals surface area contributed by atoms with E-state index in [4.69, 9.17) is 5.73 Å². The highest BCUT2D eigenvalue weighted by Gasteiger charge is 2.18. The molecule has 0 bridgehead atoms. The molecule has 108 valence electrons. The van der Waals surface area contributed by atoms with Gasteiger partial charge >= 0.3 is 0 Å². The van der Waals surface area contributed by atoms with Crippen molar-refractivity contribution in [2.75, 3.05) is 13.1 Å². The third kappa shape index (κ3) is 9.46. The van der Waals surface area contributed by atoms with Gasteiger partial charge in [0.1, 0.15) is 0 Å². The van der Waals surface area contributed by atoms with Gasteiger partial charge in [0.05, 0.1) is 0 Å². The first kappa shape index (κ1) is 17.4. The van der Waals surface area contributed by atoms with Crippen molar-refractivity contribution in [3.8, 4) is 0 Å². The Hall–Kier alpha value is -0.570. The number of unbranched alkanes of at least 4 members (excludes halogenated alkanes) is 2. The van der Waals surface area contributed by atoms with E-state index in [0.29, 0.717) is 18.9 Å². The summed E-state index contributed by atoms with van der Waals surface area (Å²) >= 11 is 0. The van der Waals surface area contributed by atoms with Crippen molar-refractivity contribution in [1.29, 1.82) is 0 Å². The number of rotatable bonds is 10. The van der Waals surface area contributed by atoms with E-state index in [9.17, 15) is 4.79 Å². The van der Waals surface area contributed by atoms with E-state index in [1.165, 1.54) is 25.7 Å². The van der Waals surface area contributed by atoms with Gasteiger partial charge in [-0.05, 0) is 30.7 Å². The molecule has 0 aliphatic heterocycles. The Morgan fingerprint density at radius 2 is 2.00 bits per heavy atom. The molecule has 18 heavy (non-hydrogen) atoms. The molecule has 0 rings (SSSR count). The Morgan fingerprint density at radius 1 is 1.33 bits per heavy atom. The maximum atomic E-state index is 11.7. The summed E-state index contributed by atoms with van der Waals surface area (Å²) in [7, 11) is 0.